The first-order valence-electron chi connectivity index (χ1n) is 8.11. The van der Waals surface area contributed by atoms with Gasteiger partial charge in [-0.2, -0.15) is 9.36 Å². The summed E-state index contributed by atoms with van der Waals surface area (Å²) in [5.41, 5.74) is 1.50. The van der Waals surface area contributed by atoms with Crippen LogP contribution in [-0.4, -0.2) is 62.6 Å². The van der Waals surface area contributed by atoms with Gasteiger partial charge in [0.2, 0.25) is 10.3 Å². The van der Waals surface area contributed by atoms with E-state index >= 15 is 0 Å². The molecule has 12 nitrogen and oxygen atoms in total. The van der Waals surface area contributed by atoms with Crippen LogP contribution in [0, 0.1) is 0 Å². The molecule has 0 saturated heterocycles. The Kier molecular flexibility index (Phi) is 5.40. The first kappa shape index (κ1) is 19.5. The van der Waals surface area contributed by atoms with E-state index in [0.29, 0.717) is 21.7 Å². The predicted molar refractivity (Wildman–Crippen MR) is 104 cm³/mol. The average molecular weight is 442 g/mol. The van der Waals surface area contributed by atoms with Crippen molar-refractivity contribution >= 4 is 33.5 Å². The van der Waals surface area contributed by atoms with Crippen LogP contribution >= 0.6 is 21.6 Å². The van der Waals surface area contributed by atoms with Gasteiger partial charge >= 0.3 is 11.9 Å². The minimum absolute atomic E-state index is 0.156. The highest BCUT2D eigenvalue weighted by Gasteiger charge is 2.15. The van der Waals surface area contributed by atoms with Crippen molar-refractivity contribution in [3.8, 4) is 11.4 Å². The van der Waals surface area contributed by atoms with Gasteiger partial charge < -0.3 is 10.2 Å². The van der Waals surface area contributed by atoms with Gasteiger partial charge in [0.1, 0.15) is 0 Å². The highest BCUT2D eigenvalue weighted by Crippen LogP contribution is 2.35. The summed E-state index contributed by atoms with van der Waals surface area (Å²) in [4.78, 5) is 22.0. The molecule has 0 aliphatic rings. The highest BCUT2D eigenvalue weighted by atomic mass is 33.1. The summed E-state index contributed by atoms with van der Waals surface area (Å²) in [6.07, 6.45) is 0. The fraction of sp³-hybridized carbons (Fsp3) is 0. The molecule has 2 N–H and O–H groups in total. The summed E-state index contributed by atoms with van der Waals surface area (Å²) < 4.78 is 2.91. The number of tetrazole rings is 2. The van der Waals surface area contributed by atoms with Crippen molar-refractivity contribution in [2.75, 3.05) is 0 Å². The average Bonchev–Trinajstić information content (AvgIpc) is 3.41. The number of aromatic nitrogens is 8. The lowest BCUT2D eigenvalue weighted by atomic mass is 10.2. The van der Waals surface area contributed by atoms with Gasteiger partial charge in [0.25, 0.3) is 0 Å². The molecule has 0 amide bonds. The number of carbonyl (C=O) groups is 2. The molecule has 2 aromatic carbocycles. The third-order valence-corrected chi connectivity index (χ3v) is 5.83. The van der Waals surface area contributed by atoms with Crippen LogP contribution in [0.5, 0.6) is 0 Å². The van der Waals surface area contributed by atoms with E-state index in [1.165, 1.54) is 55.2 Å². The smallest absolute Gasteiger partial charge is 0.335 e. The van der Waals surface area contributed by atoms with Crippen LogP contribution < -0.4 is 0 Å². The van der Waals surface area contributed by atoms with Gasteiger partial charge in [-0.1, -0.05) is 0 Å². The monoisotopic (exact) mass is 442 g/mol. The first-order chi connectivity index (χ1) is 14.5. The van der Waals surface area contributed by atoms with Gasteiger partial charge in [0, 0.05) is 0 Å². The molecule has 0 fully saturated rings. The second kappa shape index (κ2) is 8.30. The van der Waals surface area contributed by atoms with Crippen molar-refractivity contribution in [3.05, 3.63) is 59.7 Å². The minimum Gasteiger partial charge on any atom is -0.478 e. The lowest BCUT2D eigenvalue weighted by Gasteiger charge is -2.05. The second-order valence-corrected chi connectivity index (χ2v) is 7.68. The SMILES string of the molecule is O=C(O)c1ccc(-n2nnnc2SSc2nnnn2-c2ccc(C(=O)O)cc2)cc1. The van der Waals surface area contributed by atoms with Gasteiger partial charge in [0.15, 0.2) is 0 Å². The molecule has 2 aromatic heterocycles. The lowest BCUT2D eigenvalue weighted by Crippen LogP contribution is -2.02. The maximum Gasteiger partial charge on any atom is 0.335 e. The second-order valence-electron chi connectivity index (χ2n) is 5.62. The van der Waals surface area contributed by atoms with Gasteiger partial charge in [-0.15, -0.1) is 10.2 Å². The lowest BCUT2D eigenvalue weighted by molar-refractivity contribution is 0.0686. The van der Waals surface area contributed by atoms with Crippen molar-refractivity contribution < 1.29 is 19.8 Å². The molecule has 0 radical (unpaired) electrons. The Morgan fingerprint density at radius 2 is 1.03 bits per heavy atom. The molecule has 0 aliphatic carbocycles. The molecule has 4 aromatic rings. The van der Waals surface area contributed by atoms with Gasteiger partial charge in [-0.05, 0) is 91.0 Å². The Hall–Kier alpha value is -3.78. The Morgan fingerprint density at radius 3 is 1.37 bits per heavy atom. The van der Waals surface area contributed by atoms with Crippen molar-refractivity contribution in [3.63, 3.8) is 0 Å². The molecule has 0 spiro atoms. The molecule has 0 saturated carbocycles. The zero-order valence-electron chi connectivity index (χ0n) is 14.7. The van der Waals surface area contributed by atoms with Gasteiger partial charge in [-0.3, -0.25) is 0 Å². The van der Waals surface area contributed by atoms with E-state index in [2.05, 4.69) is 31.1 Å². The minimum atomic E-state index is -1.02. The number of hydrogen-bond acceptors (Lipinski definition) is 10. The molecule has 0 atom stereocenters. The summed E-state index contributed by atoms with van der Waals surface area (Å²) in [5, 5.41) is 42.0. The fourth-order valence-corrected chi connectivity index (χ4v) is 4.14. The van der Waals surface area contributed by atoms with Crippen LogP contribution in [0.2, 0.25) is 0 Å². The van der Waals surface area contributed by atoms with Crippen LogP contribution in [0.25, 0.3) is 11.4 Å². The van der Waals surface area contributed by atoms with Crippen molar-refractivity contribution in [2.45, 2.75) is 10.3 Å². The summed E-state index contributed by atoms with van der Waals surface area (Å²) in [5.74, 6) is -2.04. The third-order valence-electron chi connectivity index (χ3n) is 3.79. The normalized spacial score (nSPS) is 10.8. The van der Waals surface area contributed by atoms with E-state index in [9.17, 15) is 9.59 Å². The molecular formula is C16H10N8O4S2. The topological polar surface area (TPSA) is 162 Å². The zero-order chi connectivity index (χ0) is 21.1. The Labute approximate surface area is 175 Å². The molecular weight excluding hydrogens is 432 g/mol. The van der Waals surface area contributed by atoms with Gasteiger partial charge in [-0.25, -0.2) is 9.59 Å². The van der Waals surface area contributed by atoms with E-state index in [0.717, 1.165) is 0 Å². The van der Waals surface area contributed by atoms with Crippen molar-refractivity contribution in [1.29, 1.82) is 0 Å². The van der Waals surface area contributed by atoms with Crippen molar-refractivity contribution in [2.24, 2.45) is 0 Å². The van der Waals surface area contributed by atoms with E-state index < -0.39 is 11.9 Å². The molecule has 0 aliphatic heterocycles. The van der Waals surface area contributed by atoms with Crippen LogP contribution in [0.1, 0.15) is 20.7 Å². The van der Waals surface area contributed by atoms with E-state index in [-0.39, 0.29) is 11.1 Å². The number of hydrogen-bond donors (Lipinski definition) is 2. The predicted octanol–water partition coefficient (Wildman–Crippen LogP) is 1.83. The van der Waals surface area contributed by atoms with E-state index in [4.69, 9.17) is 10.2 Å². The Bertz CT molecular complexity index is 1110. The number of rotatable bonds is 7. The standard InChI is InChI=1S/C16H10N8O4S2/c25-13(26)9-1-5-11(6-2-9)23-15(17-19-21-23)29-30-16-18-20-22-24(16)12-7-3-10(4-8-12)14(27)28/h1-8H,(H,25,26)(H,27,28). The number of carboxylic acid groups (broad SMARTS) is 2. The Morgan fingerprint density at radius 1 is 0.667 bits per heavy atom. The highest BCUT2D eigenvalue weighted by molar-refractivity contribution is 8.76. The van der Waals surface area contributed by atoms with Crippen LogP contribution in [0.4, 0.5) is 0 Å². The van der Waals surface area contributed by atoms with E-state index in [1.807, 2.05) is 0 Å². The summed E-state index contributed by atoms with van der Waals surface area (Å²) in [6.45, 7) is 0. The molecule has 0 unspecified atom stereocenters. The number of aromatic carboxylic acids is 2. The van der Waals surface area contributed by atoms with Crippen molar-refractivity contribution in [1.82, 2.24) is 40.4 Å². The Balaban J connectivity index is 1.52. The number of benzene rings is 2. The van der Waals surface area contributed by atoms with Crippen LogP contribution in [0.15, 0.2) is 58.8 Å². The number of nitrogens with zero attached hydrogens (tertiary/aromatic N) is 8. The van der Waals surface area contributed by atoms with Crippen LogP contribution in [0.3, 0.4) is 0 Å². The van der Waals surface area contributed by atoms with E-state index in [1.54, 1.807) is 24.3 Å². The molecule has 4 rings (SSSR count). The first-order valence-corrected chi connectivity index (χ1v) is 10.3. The molecule has 150 valence electrons. The summed E-state index contributed by atoms with van der Waals surface area (Å²) >= 11 is 0. The third kappa shape index (κ3) is 3.99. The largest absolute Gasteiger partial charge is 0.478 e. The molecule has 0 bridgehead atoms. The zero-order valence-corrected chi connectivity index (χ0v) is 16.4. The van der Waals surface area contributed by atoms with Gasteiger partial charge in [0.05, 0.1) is 22.5 Å². The summed E-state index contributed by atoms with van der Waals surface area (Å²) in [7, 11) is 2.41. The summed E-state index contributed by atoms with van der Waals surface area (Å²) in [6, 6.07) is 12.2. The molecule has 14 heteroatoms. The maximum absolute atomic E-state index is 11.0. The fourth-order valence-electron chi connectivity index (χ4n) is 2.35. The molecule has 30 heavy (non-hydrogen) atoms. The maximum atomic E-state index is 11.0. The van der Waals surface area contributed by atoms with Crippen LogP contribution in [-0.2, 0) is 0 Å². The molecule has 2 heterocycles. The quantitative estimate of drug-likeness (QED) is 0.400. The number of carboxylic acids is 2.